The topological polar surface area (TPSA) is 68.0 Å². The third-order valence-corrected chi connectivity index (χ3v) is 2.02. The van der Waals surface area contributed by atoms with Crippen LogP contribution >= 0.6 is 0 Å². The van der Waals surface area contributed by atoms with E-state index in [1.54, 1.807) is 13.1 Å². The molecule has 17 heavy (non-hydrogen) atoms. The van der Waals surface area contributed by atoms with Crippen LogP contribution in [0.4, 0.5) is 4.39 Å². The van der Waals surface area contributed by atoms with Crippen LogP contribution in [-0.4, -0.2) is 15.9 Å². The van der Waals surface area contributed by atoms with Crippen LogP contribution in [0.1, 0.15) is 22.1 Å². The molecule has 0 atom stereocenters. The van der Waals surface area contributed by atoms with Crippen LogP contribution in [0.5, 0.6) is 0 Å². The summed E-state index contributed by atoms with van der Waals surface area (Å²) in [7, 11) is 0. The van der Waals surface area contributed by atoms with Crippen LogP contribution in [0, 0.1) is 12.9 Å². The van der Waals surface area contributed by atoms with E-state index in [1.807, 2.05) is 0 Å². The van der Waals surface area contributed by atoms with E-state index < -0.39 is 11.9 Å². The number of carbonyl (C=O) groups excluding carboxylic acids is 1. The lowest BCUT2D eigenvalue weighted by molar-refractivity contribution is 0.0941. The van der Waals surface area contributed by atoms with Crippen molar-refractivity contribution in [1.82, 2.24) is 15.3 Å². The molecule has 0 radical (unpaired) electrons. The molecule has 1 N–H and O–H groups in total. The summed E-state index contributed by atoms with van der Waals surface area (Å²) in [6.45, 7) is 1.90. The molecule has 0 aliphatic carbocycles. The monoisotopic (exact) mass is 235 g/mol. The number of aromatic nitrogens is 2. The summed E-state index contributed by atoms with van der Waals surface area (Å²) in [6.07, 6.45) is 1.56. The maximum absolute atomic E-state index is 12.8. The van der Waals surface area contributed by atoms with E-state index in [4.69, 9.17) is 4.42 Å². The fourth-order valence-electron chi connectivity index (χ4n) is 1.26. The zero-order valence-corrected chi connectivity index (χ0v) is 9.11. The Balaban J connectivity index is 1.98. The van der Waals surface area contributed by atoms with Crippen molar-refractivity contribution < 1.29 is 13.6 Å². The number of amides is 1. The fraction of sp³-hybridized carbons (Fsp3) is 0.182. The molecule has 0 aromatic carbocycles. The Bertz CT molecular complexity index is 539. The standard InChI is InChI=1S/C11H10FN3O2/c1-7-5-13-10(17-7)6-14-11(16)8-3-2-4-9(12)15-8/h2-5H,6H2,1H3,(H,14,16). The van der Waals surface area contributed by atoms with E-state index in [9.17, 15) is 9.18 Å². The Morgan fingerprint density at radius 3 is 3.00 bits per heavy atom. The number of rotatable bonds is 3. The number of nitrogens with one attached hydrogen (secondary N) is 1. The zero-order valence-electron chi connectivity index (χ0n) is 9.11. The predicted molar refractivity (Wildman–Crippen MR) is 56.6 cm³/mol. The molecule has 0 saturated heterocycles. The molecule has 0 aliphatic rings. The fourth-order valence-corrected chi connectivity index (χ4v) is 1.26. The summed E-state index contributed by atoms with van der Waals surface area (Å²) in [6, 6.07) is 4.03. The molecule has 0 aliphatic heterocycles. The van der Waals surface area contributed by atoms with Crippen LogP contribution < -0.4 is 5.32 Å². The molecule has 0 fully saturated rings. The molecule has 0 bridgehead atoms. The zero-order chi connectivity index (χ0) is 12.3. The summed E-state index contributed by atoms with van der Waals surface area (Å²) in [4.78, 5) is 19.0. The van der Waals surface area contributed by atoms with Gasteiger partial charge in [0.1, 0.15) is 11.5 Å². The van der Waals surface area contributed by atoms with Crippen LogP contribution in [0.15, 0.2) is 28.8 Å². The van der Waals surface area contributed by atoms with Crippen molar-refractivity contribution in [3.05, 3.63) is 47.7 Å². The number of carbonyl (C=O) groups is 1. The van der Waals surface area contributed by atoms with Crippen molar-refractivity contribution in [3.63, 3.8) is 0 Å². The lowest BCUT2D eigenvalue weighted by Gasteiger charge is -2.01. The highest BCUT2D eigenvalue weighted by molar-refractivity contribution is 5.92. The van der Waals surface area contributed by atoms with Gasteiger partial charge in [-0.2, -0.15) is 4.39 Å². The minimum atomic E-state index is -0.690. The maximum atomic E-state index is 12.8. The quantitative estimate of drug-likeness (QED) is 0.817. The van der Waals surface area contributed by atoms with Crippen molar-refractivity contribution in [1.29, 1.82) is 0 Å². The van der Waals surface area contributed by atoms with E-state index in [2.05, 4.69) is 15.3 Å². The van der Waals surface area contributed by atoms with Gasteiger partial charge in [0.05, 0.1) is 12.7 Å². The largest absolute Gasteiger partial charge is 0.444 e. The Morgan fingerprint density at radius 1 is 1.53 bits per heavy atom. The molecular formula is C11H10FN3O2. The van der Waals surface area contributed by atoms with Crippen LogP contribution in [0.25, 0.3) is 0 Å². The lowest BCUT2D eigenvalue weighted by Crippen LogP contribution is -2.24. The second-order valence-electron chi connectivity index (χ2n) is 3.39. The van der Waals surface area contributed by atoms with Gasteiger partial charge in [-0.05, 0) is 19.1 Å². The van der Waals surface area contributed by atoms with Crippen molar-refractivity contribution >= 4 is 5.91 Å². The van der Waals surface area contributed by atoms with E-state index in [-0.39, 0.29) is 12.2 Å². The normalized spacial score (nSPS) is 10.2. The molecule has 0 spiro atoms. The molecule has 2 aromatic heterocycles. The number of hydrogen-bond acceptors (Lipinski definition) is 4. The van der Waals surface area contributed by atoms with Crippen molar-refractivity contribution in [2.45, 2.75) is 13.5 Å². The second-order valence-corrected chi connectivity index (χ2v) is 3.39. The molecular weight excluding hydrogens is 225 g/mol. The highest BCUT2D eigenvalue weighted by Crippen LogP contribution is 2.02. The number of pyridine rings is 1. The minimum Gasteiger partial charge on any atom is -0.444 e. The molecule has 88 valence electrons. The van der Waals surface area contributed by atoms with Crippen molar-refractivity contribution in [2.75, 3.05) is 0 Å². The van der Waals surface area contributed by atoms with Crippen molar-refractivity contribution in [2.24, 2.45) is 0 Å². The van der Waals surface area contributed by atoms with E-state index in [0.717, 1.165) is 0 Å². The van der Waals surface area contributed by atoms with E-state index in [1.165, 1.54) is 18.2 Å². The third-order valence-electron chi connectivity index (χ3n) is 2.02. The molecule has 2 aromatic rings. The number of halogens is 1. The first-order valence-corrected chi connectivity index (χ1v) is 4.97. The van der Waals surface area contributed by atoms with E-state index in [0.29, 0.717) is 11.7 Å². The maximum Gasteiger partial charge on any atom is 0.270 e. The summed E-state index contributed by atoms with van der Waals surface area (Å²) >= 11 is 0. The number of oxazole rings is 1. The summed E-state index contributed by atoms with van der Waals surface area (Å²) in [5.74, 6) is -0.102. The summed E-state index contributed by atoms with van der Waals surface area (Å²) in [5.41, 5.74) is 0.0216. The number of hydrogen-bond donors (Lipinski definition) is 1. The first-order chi connectivity index (χ1) is 8.15. The molecule has 2 rings (SSSR count). The average molecular weight is 235 g/mol. The van der Waals surface area contributed by atoms with Gasteiger partial charge < -0.3 is 9.73 Å². The van der Waals surface area contributed by atoms with Gasteiger partial charge >= 0.3 is 0 Å². The van der Waals surface area contributed by atoms with Crippen LogP contribution in [0.2, 0.25) is 0 Å². The lowest BCUT2D eigenvalue weighted by atomic mass is 10.3. The number of nitrogens with zero attached hydrogens (tertiary/aromatic N) is 2. The average Bonchev–Trinajstić information content (AvgIpc) is 2.72. The van der Waals surface area contributed by atoms with Crippen LogP contribution in [-0.2, 0) is 6.54 Å². The molecule has 0 unspecified atom stereocenters. The van der Waals surface area contributed by atoms with Gasteiger partial charge in [0, 0.05) is 0 Å². The van der Waals surface area contributed by atoms with Gasteiger partial charge in [0.25, 0.3) is 5.91 Å². The Labute approximate surface area is 96.7 Å². The Kier molecular flexibility index (Phi) is 3.13. The first kappa shape index (κ1) is 11.3. The van der Waals surface area contributed by atoms with Gasteiger partial charge in [0.15, 0.2) is 0 Å². The smallest absolute Gasteiger partial charge is 0.270 e. The second kappa shape index (κ2) is 4.73. The van der Waals surface area contributed by atoms with Gasteiger partial charge in [0.2, 0.25) is 11.8 Å². The van der Waals surface area contributed by atoms with E-state index >= 15 is 0 Å². The molecule has 5 nitrogen and oxygen atoms in total. The first-order valence-electron chi connectivity index (χ1n) is 4.97. The molecule has 0 saturated carbocycles. The van der Waals surface area contributed by atoms with Gasteiger partial charge in [-0.1, -0.05) is 6.07 Å². The summed E-state index contributed by atoms with van der Waals surface area (Å²) < 4.78 is 17.9. The van der Waals surface area contributed by atoms with Gasteiger partial charge in [-0.3, -0.25) is 4.79 Å². The predicted octanol–water partition coefficient (Wildman–Crippen LogP) is 1.45. The van der Waals surface area contributed by atoms with Crippen molar-refractivity contribution in [3.8, 4) is 0 Å². The molecule has 2 heterocycles. The van der Waals surface area contributed by atoms with Gasteiger partial charge in [-0.25, -0.2) is 9.97 Å². The Morgan fingerprint density at radius 2 is 2.35 bits per heavy atom. The summed E-state index contributed by atoms with van der Waals surface area (Å²) in [5, 5.41) is 2.53. The Hall–Kier alpha value is -2.24. The highest BCUT2D eigenvalue weighted by Gasteiger charge is 2.09. The van der Waals surface area contributed by atoms with Crippen LogP contribution in [0.3, 0.4) is 0 Å². The van der Waals surface area contributed by atoms with Gasteiger partial charge in [-0.15, -0.1) is 0 Å². The number of aryl methyl sites for hydroxylation is 1. The molecule has 1 amide bonds. The minimum absolute atomic E-state index is 0.0216. The SMILES string of the molecule is Cc1cnc(CNC(=O)c2cccc(F)n2)o1. The third kappa shape index (κ3) is 2.87. The highest BCUT2D eigenvalue weighted by atomic mass is 19.1. The molecule has 6 heteroatoms.